The number of aromatic nitrogens is 2. The van der Waals surface area contributed by atoms with E-state index >= 15 is 0 Å². The van der Waals surface area contributed by atoms with Gasteiger partial charge in [-0.25, -0.2) is 4.98 Å². The number of fused-ring (bicyclic) bond motifs is 1. The van der Waals surface area contributed by atoms with E-state index in [1.165, 1.54) is 19.1 Å². The molecule has 212 valence electrons. The van der Waals surface area contributed by atoms with Crippen molar-refractivity contribution in [2.45, 2.75) is 31.3 Å². The summed E-state index contributed by atoms with van der Waals surface area (Å²) in [6.07, 6.45) is -12.3. The van der Waals surface area contributed by atoms with E-state index < -0.39 is 29.1 Å². The van der Waals surface area contributed by atoms with Gasteiger partial charge in [0.1, 0.15) is 18.2 Å². The number of hydrogen-bond donors (Lipinski definition) is 2. The maximum absolute atomic E-state index is 13.8. The van der Waals surface area contributed by atoms with Gasteiger partial charge in [0.25, 0.3) is 11.2 Å². The van der Waals surface area contributed by atoms with Gasteiger partial charge in [0.05, 0.1) is 28.2 Å². The molecule has 13 heteroatoms. The van der Waals surface area contributed by atoms with Crippen LogP contribution in [0.2, 0.25) is 5.02 Å². The Bertz CT molecular complexity index is 1590. The summed E-state index contributed by atoms with van der Waals surface area (Å²) in [5.74, 6) is 0.0964. The quantitative estimate of drug-likeness (QED) is 0.275. The third-order valence-corrected chi connectivity index (χ3v) is 6.53. The molecule has 6 nitrogen and oxygen atoms in total. The van der Waals surface area contributed by atoms with E-state index in [0.717, 1.165) is 10.6 Å². The predicted octanol–water partition coefficient (Wildman–Crippen LogP) is 5.62. The third-order valence-electron chi connectivity index (χ3n) is 6.23. The second kappa shape index (κ2) is 10.8. The van der Waals surface area contributed by atoms with Crippen molar-refractivity contribution < 1.29 is 41.3 Å². The SMILES string of the molecule is Cc1ccc(C(O)(C(F)(F)F)C(F)(F)F)cc1-n1c(Cc2ccccc2)nc2cc(OCCO)c(Cl)cc2c1=O. The summed E-state index contributed by atoms with van der Waals surface area (Å²) in [4.78, 5) is 18.3. The molecule has 0 atom stereocenters. The lowest BCUT2D eigenvalue weighted by molar-refractivity contribution is -0.376. The fourth-order valence-electron chi connectivity index (χ4n) is 4.21. The highest BCUT2D eigenvalue weighted by Crippen LogP contribution is 2.50. The molecule has 40 heavy (non-hydrogen) atoms. The van der Waals surface area contributed by atoms with Gasteiger partial charge in [-0.15, -0.1) is 0 Å². The summed E-state index contributed by atoms with van der Waals surface area (Å²) in [6, 6.07) is 13.1. The largest absolute Gasteiger partial charge is 0.490 e. The number of ether oxygens (including phenoxy) is 1. The first-order chi connectivity index (χ1) is 18.7. The molecular weight excluding hydrogens is 566 g/mol. The second-order valence-electron chi connectivity index (χ2n) is 8.91. The zero-order valence-corrected chi connectivity index (χ0v) is 21.4. The van der Waals surface area contributed by atoms with Crippen LogP contribution in [-0.4, -0.2) is 45.3 Å². The summed E-state index contributed by atoms with van der Waals surface area (Å²) in [5, 5.41) is 18.9. The van der Waals surface area contributed by atoms with Gasteiger partial charge in [-0.05, 0) is 30.2 Å². The van der Waals surface area contributed by atoms with Crippen molar-refractivity contribution in [3.05, 3.63) is 98.6 Å². The maximum atomic E-state index is 13.8. The van der Waals surface area contributed by atoms with Gasteiger partial charge >= 0.3 is 12.4 Å². The van der Waals surface area contributed by atoms with Gasteiger partial charge in [-0.1, -0.05) is 54.1 Å². The highest BCUT2D eigenvalue weighted by Gasteiger charge is 2.71. The molecule has 0 aliphatic heterocycles. The third kappa shape index (κ3) is 5.26. The molecule has 1 aromatic heterocycles. The van der Waals surface area contributed by atoms with Gasteiger partial charge < -0.3 is 14.9 Å². The molecular formula is C27H21ClF6N2O4. The molecule has 0 saturated heterocycles. The molecule has 0 aliphatic rings. The molecule has 3 aromatic carbocycles. The molecule has 0 fully saturated rings. The number of alkyl halides is 6. The van der Waals surface area contributed by atoms with Crippen molar-refractivity contribution in [2.75, 3.05) is 13.2 Å². The molecule has 0 bridgehead atoms. The average Bonchev–Trinajstić information content (AvgIpc) is 2.88. The van der Waals surface area contributed by atoms with Gasteiger partial charge in [0.15, 0.2) is 0 Å². The zero-order valence-electron chi connectivity index (χ0n) is 20.6. The van der Waals surface area contributed by atoms with E-state index in [0.29, 0.717) is 17.7 Å². The molecule has 4 rings (SSSR count). The Balaban J connectivity index is 2.04. The van der Waals surface area contributed by atoms with Crippen LogP contribution < -0.4 is 10.3 Å². The second-order valence-corrected chi connectivity index (χ2v) is 9.32. The van der Waals surface area contributed by atoms with Crippen LogP contribution >= 0.6 is 11.6 Å². The lowest BCUT2D eigenvalue weighted by Crippen LogP contribution is -2.54. The summed E-state index contributed by atoms with van der Waals surface area (Å²) in [7, 11) is 0. The molecule has 0 spiro atoms. The lowest BCUT2D eigenvalue weighted by atomic mass is 9.91. The summed E-state index contributed by atoms with van der Waals surface area (Å²) < 4.78 is 88.2. The summed E-state index contributed by atoms with van der Waals surface area (Å²) >= 11 is 6.23. The number of aryl methyl sites for hydroxylation is 1. The van der Waals surface area contributed by atoms with Crippen molar-refractivity contribution in [3.63, 3.8) is 0 Å². The van der Waals surface area contributed by atoms with Crippen LogP contribution in [-0.2, 0) is 12.0 Å². The molecule has 0 unspecified atom stereocenters. The predicted molar refractivity (Wildman–Crippen MR) is 135 cm³/mol. The van der Waals surface area contributed by atoms with Crippen LogP contribution in [0.4, 0.5) is 26.3 Å². The summed E-state index contributed by atoms with van der Waals surface area (Å²) in [5.41, 5.74) is -7.00. The van der Waals surface area contributed by atoms with Crippen molar-refractivity contribution in [1.82, 2.24) is 9.55 Å². The fourth-order valence-corrected chi connectivity index (χ4v) is 4.43. The van der Waals surface area contributed by atoms with Crippen molar-refractivity contribution in [2.24, 2.45) is 0 Å². The monoisotopic (exact) mass is 586 g/mol. The molecule has 1 heterocycles. The Morgan fingerprint density at radius 1 is 0.975 bits per heavy atom. The van der Waals surface area contributed by atoms with Crippen LogP contribution in [0, 0.1) is 6.92 Å². The number of hydrogen-bond acceptors (Lipinski definition) is 5. The van der Waals surface area contributed by atoms with E-state index in [1.54, 1.807) is 30.3 Å². The normalized spacial score (nSPS) is 12.7. The van der Waals surface area contributed by atoms with Crippen molar-refractivity contribution >= 4 is 22.5 Å². The first-order valence-corrected chi connectivity index (χ1v) is 12.1. The number of nitrogens with zero attached hydrogens (tertiary/aromatic N) is 2. The Hall–Kier alpha value is -3.61. The molecule has 2 N–H and O–H groups in total. The van der Waals surface area contributed by atoms with E-state index in [1.807, 2.05) is 0 Å². The number of aliphatic hydroxyl groups excluding tert-OH is 1. The Labute approximate surface area is 228 Å². The highest BCUT2D eigenvalue weighted by molar-refractivity contribution is 6.32. The van der Waals surface area contributed by atoms with E-state index in [-0.39, 0.29) is 58.4 Å². The van der Waals surface area contributed by atoms with Crippen molar-refractivity contribution in [1.29, 1.82) is 0 Å². The number of aliphatic hydroxyl groups is 2. The Kier molecular flexibility index (Phi) is 7.90. The van der Waals surface area contributed by atoms with Crippen molar-refractivity contribution in [3.8, 4) is 11.4 Å². The molecule has 4 aromatic rings. The smallest absolute Gasteiger partial charge is 0.430 e. The van der Waals surface area contributed by atoms with E-state index in [9.17, 15) is 36.2 Å². The fraction of sp³-hybridized carbons (Fsp3) is 0.259. The van der Waals surface area contributed by atoms with Gasteiger partial charge in [0.2, 0.25) is 0 Å². The average molecular weight is 587 g/mol. The first kappa shape index (κ1) is 29.4. The Morgan fingerprint density at radius 2 is 1.62 bits per heavy atom. The molecule has 0 saturated carbocycles. The maximum Gasteiger partial charge on any atom is 0.430 e. The lowest BCUT2D eigenvalue weighted by Gasteiger charge is -2.33. The number of halogens is 7. The van der Waals surface area contributed by atoms with Gasteiger partial charge in [0, 0.05) is 18.1 Å². The van der Waals surface area contributed by atoms with Crippen LogP contribution in [0.15, 0.2) is 65.5 Å². The van der Waals surface area contributed by atoms with Crippen LogP contribution in [0.5, 0.6) is 5.75 Å². The first-order valence-electron chi connectivity index (χ1n) is 11.7. The van der Waals surface area contributed by atoms with E-state index in [4.69, 9.17) is 21.4 Å². The zero-order chi connectivity index (χ0) is 29.5. The van der Waals surface area contributed by atoms with Crippen LogP contribution in [0.3, 0.4) is 0 Å². The van der Waals surface area contributed by atoms with Crippen LogP contribution in [0.25, 0.3) is 16.6 Å². The minimum atomic E-state index is -6.12. The highest BCUT2D eigenvalue weighted by atomic mass is 35.5. The van der Waals surface area contributed by atoms with Crippen LogP contribution in [0.1, 0.15) is 22.5 Å². The van der Waals surface area contributed by atoms with Gasteiger partial charge in [-0.3, -0.25) is 9.36 Å². The molecule has 0 aliphatic carbocycles. The van der Waals surface area contributed by atoms with Gasteiger partial charge in [-0.2, -0.15) is 26.3 Å². The van der Waals surface area contributed by atoms with E-state index in [2.05, 4.69) is 4.98 Å². The standard InChI is InChI=1S/C27H21ClF6N2O4/c1-15-7-8-17(25(39,26(29,30)31)27(32,33)34)12-21(15)36-23(11-16-5-3-2-4-6-16)35-20-14-22(40-10-9-37)19(28)13-18(20)24(36)38/h2-8,12-14,37,39H,9-11H2,1H3. The minimum Gasteiger partial charge on any atom is -0.490 e. The molecule has 0 amide bonds. The Morgan fingerprint density at radius 3 is 2.23 bits per heavy atom. The number of benzene rings is 3. The summed E-state index contributed by atoms with van der Waals surface area (Å²) in [6.45, 7) is 0.966. The molecule has 0 radical (unpaired) electrons. The number of rotatable bonds is 7. The topological polar surface area (TPSA) is 84.6 Å². The minimum absolute atomic E-state index is 0.0121.